The number of hydrogen-bond acceptors (Lipinski definition) is 3. The topological polar surface area (TPSA) is 65.2 Å². The van der Waals surface area contributed by atoms with Gasteiger partial charge in [0.05, 0.1) is 0 Å². The molecule has 1 amide bonds. The molecule has 2 N–H and O–H groups in total. The Labute approximate surface area is 187 Å². The van der Waals surface area contributed by atoms with Crippen LogP contribution in [0.4, 0.5) is 5.69 Å². The SMILES string of the molecule is CCN(C)CCc1c[nH]c2ccc(NC(=O)c3cccc4c3-c3ccccc3C4=O)cc12. The van der Waals surface area contributed by atoms with Gasteiger partial charge in [-0.15, -0.1) is 0 Å². The highest BCUT2D eigenvalue weighted by Crippen LogP contribution is 2.39. The Morgan fingerprint density at radius 3 is 2.59 bits per heavy atom. The third-order valence-electron chi connectivity index (χ3n) is 6.32. The van der Waals surface area contributed by atoms with Gasteiger partial charge in [-0.3, -0.25) is 9.59 Å². The van der Waals surface area contributed by atoms with Crippen molar-refractivity contribution in [3.05, 3.63) is 89.1 Å². The van der Waals surface area contributed by atoms with E-state index in [4.69, 9.17) is 0 Å². The number of nitrogens with zero attached hydrogens (tertiary/aromatic N) is 1. The Hall–Kier alpha value is -3.70. The first-order valence-electron chi connectivity index (χ1n) is 10.9. The zero-order chi connectivity index (χ0) is 22.2. The van der Waals surface area contributed by atoms with E-state index < -0.39 is 0 Å². The molecule has 0 bridgehead atoms. The molecule has 32 heavy (non-hydrogen) atoms. The van der Waals surface area contributed by atoms with Crippen molar-refractivity contribution in [2.75, 3.05) is 25.5 Å². The summed E-state index contributed by atoms with van der Waals surface area (Å²) in [7, 11) is 2.11. The molecule has 0 radical (unpaired) electrons. The highest BCUT2D eigenvalue weighted by molar-refractivity contribution is 6.25. The molecule has 5 rings (SSSR count). The number of benzene rings is 3. The average molecular weight is 424 g/mol. The van der Waals surface area contributed by atoms with E-state index in [1.807, 2.05) is 48.7 Å². The molecule has 5 nitrogen and oxygen atoms in total. The first-order chi connectivity index (χ1) is 15.6. The van der Waals surface area contributed by atoms with Crippen LogP contribution in [0, 0.1) is 0 Å². The maximum absolute atomic E-state index is 13.3. The first-order valence-corrected chi connectivity index (χ1v) is 10.9. The third-order valence-corrected chi connectivity index (χ3v) is 6.32. The summed E-state index contributed by atoms with van der Waals surface area (Å²) in [4.78, 5) is 31.6. The monoisotopic (exact) mass is 423 g/mol. The Morgan fingerprint density at radius 1 is 1.00 bits per heavy atom. The molecule has 0 spiro atoms. The zero-order valence-corrected chi connectivity index (χ0v) is 18.2. The molecule has 5 heteroatoms. The van der Waals surface area contributed by atoms with Crippen molar-refractivity contribution in [3.8, 4) is 11.1 Å². The number of ketones is 1. The molecular formula is C27H25N3O2. The maximum Gasteiger partial charge on any atom is 0.256 e. The molecule has 1 aliphatic rings. The van der Waals surface area contributed by atoms with Crippen LogP contribution in [-0.4, -0.2) is 41.7 Å². The number of hydrogen-bond donors (Lipinski definition) is 2. The van der Waals surface area contributed by atoms with Crippen LogP contribution in [0.1, 0.15) is 38.8 Å². The average Bonchev–Trinajstić information content (AvgIpc) is 3.36. The molecule has 1 aromatic heterocycles. The number of aromatic amines is 1. The number of anilines is 1. The fourth-order valence-electron chi connectivity index (χ4n) is 4.40. The van der Waals surface area contributed by atoms with Gasteiger partial charge in [-0.05, 0) is 55.4 Å². The number of carbonyl (C=O) groups excluding carboxylic acids is 2. The Morgan fingerprint density at radius 2 is 1.78 bits per heavy atom. The molecule has 1 heterocycles. The summed E-state index contributed by atoms with van der Waals surface area (Å²) in [6.07, 6.45) is 2.99. The second-order valence-electron chi connectivity index (χ2n) is 8.28. The van der Waals surface area contributed by atoms with Crippen molar-refractivity contribution >= 4 is 28.3 Å². The molecule has 4 aromatic rings. The summed E-state index contributed by atoms with van der Waals surface area (Å²) in [6.45, 7) is 4.13. The molecule has 0 saturated carbocycles. The lowest BCUT2D eigenvalue weighted by Gasteiger charge is -2.13. The van der Waals surface area contributed by atoms with Crippen LogP contribution in [0.3, 0.4) is 0 Å². The Kier molecular flexibility index (Phi) is 5.11. The lowest BCUT2D eigenvalue weighted by atomic mass is 9.99. The Bertz CT molecular complexity index is 1350. The second kappa shape index (κ2) is 8.09. The normalized spacial score (nSPS) is 12.3. The zero-order valence-electron chi connectivity index (χ0n) is 18.2. The summed E-state index contributed by atoms with van der Waals surface area (Å²) in [5, 5.41) is 4.16. The van der Waals surface area contributed by atoms with E-state index in [1.165, 1.54) is 5.56 Å². The van der Waals surface area contributed by atoms with E-state index in [2.05, 4.69) is 29.2 Å². The van der Waals surface area contributed by atoms with Gasteiger partial charge in [-0.1, -0.05) is 43.3 Å². The van der Waals surface area contributed by atoms with Crippen LogP contribution >= 0.6 is 0 Å². The number of fused-ring (bicyclic) bond motifs is 4. The molecule has 0 atom stereocenters. The van der Waals surface area contributed by atoms with Gasteiger partial charge < -0.3 is 15.2 Å². The fourth-order valence-corrected chi connectivity index (χ4v) is 4.40. The number of aromatic nitrogens is 1. The smallest absolute Gasteiger partial charge is 0.256 e. The largest absolute Gasteiger partial charge is 0.361 e. The minimum atomic E-state index is -0.214. The van der Waals surface area contributed by atoms with Crippen LogP contribution < -0.4 is 5.32 Å². The summed E-state index contributed by atoms with van der Waals surface area (Å²) >= 11 is 0. The van der Waals surface area contributed by atoms with Crippen molar-refractivity contribution in [2.24, 2.45) is 0 Å². The lowest BCUT2D eigenvalue weighted by molar-refractivity contribution is 0.102. The minimum Gasteiger partial charge on any atom is -0.361 e. The van der Waals surface area contributed by atoms with E-state index in [1.54, 1.807) is 18.2 Å². The molecular weight excluding hydrogens is 398 g/mol. The predicted octanol–water partition coefficient (Wildman–Crippen LogP) is 5.13. The summed E-state index contributed by atoms with van der Waals surface area (Å²) in [6, 6.07) is 18.7. The van der Waals surface area contributed by atoms with Crippen molar-refractivity contribution in [3.63, 3.8) is 0 Å². The van der Waals surface area contributed by atoms with E-state index >= 15 is 0 Å². The van der Waals surface area contributed by atoms with Crippen LogP contribution in [0.25, 0.3) is 22.0 Å². The summed E-state index contributed by atoms with van der Waals surface area (Å²) in [5.74, 6) is -0.241. The van der Waals surface area contributed by atoms with Crippen LogP contribution in [0.15, 0.2) is 66.9 Å². The summed E-state index contributed by atoms with van der Waals surface area (Å²) in [5.41, 5.74) is 6.31. The van der Waals surface area contributed by atoms with Crippen LogP contribution in [0.5, 0.6) is 0 Å². The lowest BCUT2D eigenvalue weighted by Crippen LogP contribution is -2.20. The number of rotatable bonds is 6. The van der Waals surface area contributed by atoms with Gasteiger partial charge in [0.25, 0.3) is 5.91 Å². The number of amides is 1. The quantitative estimate of drug-likeness (QED) is 0.398. The van der Waals surface area contributed by atoms with Gasteiger partial charge in [0.2, 0.25) is 0 Å². The standard InChI is InChI=1S/C27H25N3O2/c1-3-30(2)14-13-17-16-28-24-12-11-18(15-23(17)24)29-27(32)22-10-6-9-21-25(22)19-7-4-5-8-20(19)26(21)31/h4-12,15-16,28H,3,13-14H2,1-2H3,(H,29,32). The third kappa shape index (κ3) is 3.41. The van der Waals surface area contributed by atoms with Gasteiger partial charge in [-0.2, -0.15) is 0 Å². The fraction of sp³-hybridized carbons (Fsp3) is 0.185. The highest BCUT2D eigenvalue weighted by atomic mass is 16.1. The van der Waals surface area contributed by atoms with Gasteiger partial charge in [0, 0.05) is 51.6 Å². The Balaban J connectivity index is 1.45. The summed E-state index contributed by atoms with van der Waals surface area (Å²) < 4.78 is 0. The van der Waals surface area contributed by atoms with Gasteiger partial charge >= 0.3 is 0 Å². The van der Waals surface area contributed by atoms with E-state index in [9.17, 15) is 9.59 Å². The predicted molar refractivity (Wildman–Crippen MR) is 128 cm³/mol. The maximum atomic E-state index is 13.3. The van der Waals surface area contributed by atoms with Crippen molar-refractivity contribution < 1.29 is 9.59 Å². The molecule has 1 aliphatic carbocycles. The van der Waals surface area contributed by atoms with Crippen molar-refractivity contribution in [1.29, 1.82) is 0 Å². The second-order valence-corrected chi connectivity index (χ2v) is 8.28. The number of nitrogens with one attached hydrogen (secondary N) is 2. The van der Waals surface area contributed by atoms with Gasteiger partial charge in [0.1, 0.15) is 0 Å². The van der Waals surface area contributed by atoms with Crippen LogP contribution in [0.2, 0.25) is 0 Å². The number of H-pyrrole nitrogens is 1. The van der Waals surface area contributed by atoms with E-state index in [0.717, 1.165) is 47.2 Å². The van der Waals surface area contributed by atoms with E-state index in [-0.39, 0.29) is 11.7 Å². The molecule has 0 saturated heterocycles. The van der Waals surface area contributed by atoms with Gasteiger partial charge in [0.15, 0.2) is 5.78 Å². The number of likely N-dealkylation sites (N-methyl/N-ethyl adjacent to an activating group) is 1. The van der Waals surface area contributed by atoms with E-state index in [0.29, 0.717) is 16.7 Å². The minimum absolute atomic E-state index is 0.0271. The molecule has 0 aliphatic heterocycles. The molecule has 160 valence electrons. The van der Waals surface area contributed by atoms with Crippen LogP contribution in [-0.2, 0) is 6.42 Å². The highest BCUT2D eigenvalue weighted by Gasteiger charge is 2.30. The molecule has 3 aromatic carbocycles. The number of carbonyl (C=O) groups is 2. The first kappa shape index (κ1) is 20.2. The van der Waals surface area contributed by atoms with Crippen molar-refractivity contribution in [1.82, 2.24) is 9.88 Å². The molecule has 0 fully saturated rings. The van der Waals surface area contributed by atoms with Gasteiger partial charge in [-0.25, -0.2) is 0 Å². The molecule has 0 unspecified atom stereocenters. The van der Waals surface area contributed by atoms with Crippen molar-refractivity contribution in [2.45, 2.75) is 13.3 Å².